The highest BCUT2D eigenvalue weighted by Gasteiger charge is 2.19. The number of allylic oxidation sites excluding steroid dienone is 12. The van der Waals surface area contributed by atoms with Crippen LogP contribution in [0.1, 0.15) is 303 Å². The van der Waals surface area contributed by atoms with E-state index in [9.17, 15) is 14.4 Å². The SMILES string of the molecule is CC/C=C\C/C=C\C/C=C\C/C=C\CCCCCCCCCCCCCCC(=O)OCC(COC(=O)CCCCCCC/C=C\CCCCCC)OC(=O)CCCCCCC/C=C\CCCCCCCC. The van der Waals surface area contributed by atoms with Crippen LogP contribution in [0, 0.1) is 0 Å². The van der Waals surface area contributed by atoms with Crippen LogP contribution in [0.25, 0.3) is 0 Å². The fraction of sp³-hybridized carbons (Fsp3) is 0.769. The molecule has 0 spiro atoms. The summed E-state index contributed by atoms with van der Waals surface area (Å²) in [5, 5.41) is 0. The van der Waals surface area contributed by atoms with Crippen molar-refractivity contribution in [1.29, 1.82) is 0 Å². The average Bonchev–Trinajstić information content (AvgIpc) is 3.37. The lowest BCUT2D eigenvalue weighted by molar-refractivity contribution is -0.167. The van der Waals surface area contributed by atoms with Crippen molar-refractivity contribution in [2.75, 3.05) is 13.2 Å². The van der Waals surface area contributed by atoms with E-state index in [0.29, 0.717) is 19.3 Å². The second kappa shape index (κ2) is 59.4. The van der Waals surface area contributed by atoms with Gasteiger partial charge >= 0.3 is 17.9 Å². The van der Waals surface area contributed by atoms with Crippen LogP contribution < -0.4 is 0 Å². The molecule has 0 saturated carbocycles. The summed E-state index contributed by atoms with van der Waals surface area (Å²) in [6.45, 7) is 6.52. The van der Waals surface area contributed by atoms with Crippen LogP contribution in [0.4, 0.5) is 0 Å². The Balaban J connectivity index is 4.29. The molecule has 1 unspecified atom stereocenters. The van der Waals surface area contributed by atoms with Gasteiger partial charge in [-0.15, -0.1) is 0 Å². The first-order valence-electron chi connectivity index (χ1n) is 30.4. The van der Waals surface area contributed by atoms with Crippen LogP contribution in [0.15, 0.2) is 72.9 Å². The first-order chi connectivity index (χ1) is 35.0. The molecule has 0 aromatic rings. The van der Waals surface area contributed by atoms with Crippen LogP contribution in [-0.4, -0.2) is 37.2 Å². The molecule has 0 saturated heterocycles. The van der Waals surface area contributed by atoms with E-state index >= 15 is 0 Å². The third kappa shape index (κ3) is 57.6. The van der Waals surface area contributed by atoms with Crippen LogP contribution in [0.5, 0.6) is 0 Å². The van der Waals surface area contributed by atoms with Gasteiger partial charge in [-0.05, 0) is 109 Å². The Hall–Kier alpha value is -3.15. The second-order valence-corrected chi connectivity index (χ2v) is 20.2. The predicted octanol–water partition coefficient (Wildman–Crippen LogP) is 20.5. The molecular formula is C65H114O6. The van der Waals surface area contributed by atoms with Gasteiger partial charge in [0.15, 0.2) is 6.10 Å². The zero-order valence-electron chi connectivity index (χ0n) is 47.0. The highest BCUT2D eigenvalue weighted by molar-refractivity contribution is 5.71. The Morgan fingerprint density at radius 1 is 0.296 bits per heavy atom. The molecule has 0 aliphatic carbocycles. The van der Waals surface area contributed by atoms with Crippen molar-refractivity contribution < 1.29 is 28.6 Å². The molecule has 6 heteroatoms. The summed E-state index contributed by atoms with van der Waals surface area (Å²) in [7, 11) is 0. The number of esters is 3. The van der Waals surface area contributed by atoms with Crippen molar-refractivity contribution in [3.63, 3.8) is 0 Å². The van der Waals surface area contributed by atoms with Crippen molar-refractivity contribution in [1.82, 2.24) is 0 Å². The predicted molar refractivity (Wildman–Crippen MR) is 307 cm³/mol. The zero-order chi connectivity index (χ0) is 51.4. The number of hydrogen-bond donors (Lipinski definition) is 0. The van der Waals surface area contributed by atoms with Gasteiger partial charge in [-0.1, -0.05) is 248 Å². The molecule has 0 heterocycles. The molecule has 0 aromatic heterocycles. The van der Waals surface area contributed by atoms with Crippen LogP contribution in [0.2, 0.25) is 0 Å². The van der Waals surface area contributed by atoms with Gasteiger partial charge in [-0.3, -0.25) is 14.4 Å². The topological polar surface area (TPSA) is 78.9 Å². The minimum Gasteiger partial charge on any atom is -0.462 e. The van der Waals surface area contributed by atoms with Gasteiger partial charge in [0.05, 0.1) is 0 Å². The monoisotopic (exact) mass is 991 g/mol. The number of carbonyl (C=O) groups is 3. The van der Waals surface area contributed by atoms with Crippen LogP contribution in [0.3, 0.4) is 0 Å². The van der Waals surface area contributed by atoms with Crippen molar-refractivity contribution in [2.24, 2.45) is 0 Å². The van der Waals surface area contributed by atoms with Crippen LogP contribution in [-0.2, 0) is 28.6 Å². The summed E-state index contributed by atoms with van der Waals surface area (Å²) in [6, 6.07) is 0. The molecule has 1 atom stereocenters. The lowest BCUT2D eigenvalue weighted by Crippen LogP contribution is -2.30. The summed E-state index contributed by atoms with van der Waals surface area (Å²) >= 11 is 0. The van der Waals surface area contributed by atoms with Crippen molar-refractivity contribution in [3.05, 3.63) is 72.9 Å². The second-order valence-electron chi connectivity index (χ2n) is 20.2. The summed E-state index contributed by atoms with van der Waals surface area (Å²) in [6.07, 6.45) is 76.1. The lowest BCUT2D eigenvalue weighted by Gasteiger charge is -2.18. The van der Waals surface area contributed by atoms with Gasteiger partial charge < -0.3 is 14.2 Å². The fourth-order valence-corrected chi connectivity index (χ4v) is 8.60. The first-order valence-corrected chi connectivity index (χ1v) is 30.4. The molecule has 0 rings (SSSR count). The third-order valence-electron chi connectivity index (χ3n) is 13.2. The Morgan fingerprint density at radius 3 is 0.887 bits per heavy atom. The van der Waals surface area contributed by atoms with Gasteiger partial charge in [0.25, 0.3) is 0 Å². The number of carbonyl (C=O) groups excluding carboxylic acids is 3. The average molecular weight is 992 g/mol. The molecule has 0 fully saturated rings. The largest absolute Gasteiger partial charge is 0.462 e. The summed E-state index contributed by atoms with van der Waals surface area (Å²) in [5.74, 6) is -0.889. The number of ether oxygens (including phenoxy) is 3. The van der Waals surface area contributed by atoms with E-state index in [4.69, 9.17) is 14.2 Å². The summed E-state index contributed by atoms with van der Waals surface area (Å²) in [4.78, 5) is 38.2. The summed E-state index contributed by atoms with van der Waals surface area (Å²) < 4.78 is 16.9. The number of unbranched alkanes of at least 4 members (excludes halogenated alkanes) is 32. The van der Waals surface area contributed by atoms with Gasteiger partial charge in [0.2, 0.25) is 0 Å². The lowest BCUT2D eigenvalue weighted by atomic mass is 10.0. The molecule has 0 amide bonds. The quantitative estimate of drug-likeness (QED) is 0.0261. The van der Waals surface area contributed by atoms with Gasteiger partial charge in [-0.25, -0.2) is 0 Å². The molecule has 0 bridgehead atoms. The molecule has 0 aromatic carbocycles. The van der Waals surface area contributed by atoms with E-state index < -0.39 is 6.10 Å². The van der Waals surface area contributed by atoms with Crippen molar-refractivity contribution in [3.8, 4) is 0 Å². The molecule has 0 radical (unpaired) electrons. The standard InChI is InChI=1S/C65H114O6/c1-4-7-10-13-16-19-22-25-27-28-29-30-31-32-33-34-35-36-38-40-43-46-49-52-55-58-64(67)70-61-62(60-69-63(66)57-54-51-48-45-42-39-24-21-18-15-12-9-6-3)71-65(68)59-56-53-50-47-44-41-37-26-23-20-17-14-11-8-5-2/h7,10,16,19,21,24-27,29-30,37,62H,4-6,8-9,11-15,17-18,20,22-23,28,31-36,38-61H2,1-3H3/b10-7-,19-16-,24-21-,27-25-,30-29-,37-26-. The zero-order valence-corrected chi connectivity index (χ0v) is 47.0. The Bertz CT molecular complexity index is 1320. The van der Waals surface area contributed by atoms with E-state index in [1.54, 1.807) is 0 Å². The van der Waals surface area contributed by atoms with Crippen LogP contribution >= 0.6 is 0 Å². The maximum Gasteiger partial charge on any atom is 0.306 e. The Labute approximate surface area is 440 Å². The van der Waals surface area contributed by atoms with Crippen molar-refractivity contribution >= 4 is 17.9 Å². The van der Waals surface area contributed by atoms with E-state index in [-0.39, 0.29) is 31.1 Å². The molecule has 0 aliphatic heterocycles. The van der Waals surface area contributed by atoms with Gasteiger partial charge in [-0.2, -0.15) is 0 Å². The number of hydrogen-bond acceptors (Lipinski definition) is 6. The highest BCUT2D eigenvalue weighted by Crippen LogP contribution is 2.16. The Morgan fingerprint density at radius 2 is 0.549 bits per heavy atom. The Kier molecular flexibility index (Phi) is 56.8. The maximum absolute atomic E-state index is 12.9. The van der Waals surface area contributed by atoms with Gasteiger partial charge in [0.1, 0.15) is 13.2 Å². The summed E-state index contributed by atoms with van der Waals surface area (Å²) in [5.41, 5.74) is 0. The maximum atomic E-state index is 12.9. The smallest absolute Gasteiger partial charge is 0.306 e. The molecule has 0 N–H and O–H groups in total. The van der Waals surface area contributed by atoms with Crippen molar-refractivity contribution in [2.45, 2.75) is 309 Å². The molecule has 0 aliphatic rings. The van der Waals surface area contributed by atoms with E-state index in [1.807, 2.05) is 0 Å². The molecule has 410 valence electrons. The van der Waals surface area contributed by atoms with E-state index in [2.05, 4.69) is 93.7 Å². The number of rotatable bonds is 55. The van der Waals surface area contributed by atoms with E-state index in [1.165, 1.54) is 161 Å². The highest BCUT2D eigenvalue weighted by atomic mass is 16.6. The minimum absolute atomic E-state index is 0.0807. The van der Waals surface area contributed by atoms with E-state index in [0.717, 1.165) is 103 Å². The molecule has 71 heavy (non-hydrogen) atoms. The third-order valence-corrected chi connectivity index (χ3v) is 13.2. The fourth-order valence-electron chi connectivity index (χ4n) is 8.60. The molecular weight excluding hydrogens is 877 g/mol. The minimum atomic E-state index is -0.783. The normalized spacial score (nSPS) is 12.5. The van der Waals surface area contributed by atoms with Gasteiger partial charge in [0, 0.05) is 19.3 Å². The molecule has 6 nitrogen and oxygen atoms in total. The first kappa shape index (κ1) is 67.8.